The molecule has 14 N–H and O–H groups in total. The molecule has 4 aromatic heterocycles. The van der Waals surface area contributed by atoms with E-state index in [4.69, 9.17) is 50.0 Å². The molecule has 8 atom stereocenters. The summed E-state index contributed by atoms with van der Waals surface area (Å²) in [5.74, 6) is -2.06. The summed E-state index contributed by atoms with van der Waals surface area (Å²) in [6, 6.07) is 12.9. The number of fused-ring (bicyclic) bond motifs is 2. The fraction of sp³-hybridized carbons (Fsp3) is 0.333. The number of aliphatic hydroxyl groups is 2. The van der Waals surface area contributed by atoms with Crippen LogP contribution in [0.1, 0.15) is 33.2 Å². The van der Waals surface area contributed by atoms with Gasteiger partial charge in [0.05, 0.1) is 37.0 Å². The molecule has 0 aliphatic carbocycles. The van der Waals surface area contributed by atoms with E-state index in [2.05, 4.69) is 49.6 Å². The molecule has 0 amide bonds. The topological polar surface area (TPSA) is 448 Å². The summed E-state index contributed by atoms with van der Waals surface area (Å²) in [7, 11) is -6.57. The van der Waals surface area contributed by atoms with Crippen LogP contribution in [-0.4, -0.2) is 145 Å². The number of aliphatic hydroxyl groups excluding tert-OH is 2. The predicted molar refractivity (Wildman–Crippen MR) is 231 cm³/mol. The number of aromatic nitrogens is 8. The lowest BCUT2D eigenvalue weighted by Crippen LogP contribution is -2.38. The Morgan fingerprint density at radius 1 is 0.691 bits per heavy atom. The minimum Gasteiger partial charge on any atom is -0.453 e. The summed E-state index contributed by atoms with van der Waals surface area (Å²) in [6.45, 7) is -1.43. The van der Waals surface area contributed by atoms with Crippen LogP contribution in [0.4, 0.5) is 23.3 Å². The van der Waals surface area contributed by atoms with Crippen molar-refractivity contribution in [3.8, 4) is 0 Å². The highest BCUT2D eigenvalue weighted by molar-refractivity contribution is 7.46. The molecule has 32 heteroatoms. The van der Waals surface area contributed by atoms with Crippen LogP contribution >= 0.6 is 15.6 Å². The van der Waals surface area contributed by atoms with Crippen LogP contribution in [0.2, 0.25) is 0 Å². The highest BCUT2D eigenvalue weighted by Gasteiger charge is 2.50. The molecule has 2 aromatic carbocycles. The number of phosphoric ester groups is 2. The number of anilines is 4. The van der Waals surface area contributed by atoms with Gasteiger partial charge < -0.3 is 70.8 Å². The van der Waals surface area contributed by atoms with Crippen LogP contribution in [0.5, 0.6) is 0 Å². The highest BCUT2D eigenvalue weighted by Crippen LogP contribution is 2.41. The first kappa shape index (κ1) is 49.3. The number of nitrogens with zero attached hydrogens (tertiary/aromatic N) is 6. The number of hydrogen-bond acceptors (Lipinski definition) is 22. The smallest absolute Gasteiger partial charge is 0.453 e. The van der Waals surface area contributed by atoms with E-state index in [9.17, 15) is 38.5 Å². The first-order chi connectivity index (χ1) is 32.2. The number of nitrogens with two attached hydrogens (primary N) is 2. The van der Waals surface area contributed by atoms with Gasteiger partial charge in [-0.15, -0.1) is 0 Å². The number of hydrogen-bond donors (Lipinski definition) is 12. The van der Waals surface area contributed by atoms with Gasteiger partial charge in [0.1, 0.15) is 24.4 Å². The van der Waals surface area contributed by atoms with E-state index in [-0.39, 0.29) is 45.4 Å². The lowest BCUT2D eigenvalue weighted by molar-refractivity contribution is -0.0558. The molecule has 6 aromatic rings. The Balaban J connectivity index is 0.000000201. The standard InChI is InChI=1S/2C18H21N6O9P/c1-20-9-5-3-2-4-8(9)17(27)33-13-10(6-31-34(28,29)30)32-16(12(13)25)24-7-21-11-14(24)22-18(19)23-15(11)26;1-20-9-5-3-2-4-8(9)17(27)33-13-12(25)10(6-31-34(28,29)30)32-16(13)24-7-21-11-14(24)22-18(19)23-15(11)26/h2*2-5,7,10,12-13,16,20,25H,6H2,1H3,(H2,28,29,30)(H3,19,22,23,26)/t2*10-,12-,13-,16-/m11/s1. The van der Waals surface area contributed by atoms with Crippen LogP contribution in [0.25, 0.3) is 22.3 Å². The fourth-order valence-corrected chi connectivity index (χ4v) is 7.85. The summed E-state index contributed by atoms with van der Waals surface area (Å²) in [6.07, 6.45) is -8.80. The second kappa shape index (κ2) is 19.9. The van der Waals surface area contributed by atoms with Crippen molar-refractivity contribution in [3.05, 3.63) is 93.0 Å². The fourth-order valence-electron chi connectivity index (χ4n) is 7.17. The molecule has 0 saturated carbocycles. The van der Waals surface area contributed by atoms with Gasteiger partial charge in [0.15, 0.2) is 47.0 Å². The largest absolute Gasteiger partial charge is 0.469 e. The molecule has 0 unspecified atom stereocenters. The van der Waals surface area contributed by atoms with Crippen LogP contribution in [-0.2, 0) is 37.1 Å². The summed E-state index contributed by atoms with van der Waals surface area (Å²) < 4.78 is 56.3. The van der Waals surface area contributed by atoms with Gasteiger partial charge in [-0.2, -0.15) is 9.97 Å². The zero-order chi connectivity index (χ0) is 49.2. The van der Waals surface area contributed by atoms with E-state index >= 15 is 0 Å². The molecule has 0 radical (unpaired) electrons. The van der Waals surface area contributed by atoms with Gasteiger partial charge in [0.2, 0.25) is 11.9 Å². The summed E-state index contributed by atoms with van der Waals surface area (Å²) >= 11 is 0. The Hall–Kier alpha value is -6.66. The third-order valence-electron chi connectivity index (χ3n) is 10.2. The quantitative estimate of drug-likeness (QED) is 0.0444. The molecule has 6 heterocycles. The first-order valence-electron chi connectivity index (χ1n) is 19.6. The van der Waals surface area contributed by atoms with E-state index in [1.54, 1.807) is 50.5 Å². The summed E-state index contributed by atoms with van der Waals surface area (Å²) in [5.41, 5.74) is 11.0. The molecule has 2 saturated heterocycles. The van der Waals surface area contributed by atoms with Crippen LogP contribution in [0, 0.1) is 0 Å². The van der Waals surface area contributed by atoms with Crippen LogP contribution in [0.3, 0.4) is 0 Å². The normalized spacial score (nSPS) is 22.7. The number of rotatable bonds is 14. The highest BCUT2D eigenvalue weighted by atomic mass is 31.2. The van der Waals surface area contributed by atoms with Crippen molar-refractivity contribution < 1.29 is 76.5 Å². The lowest BCUT2D eigenvalue weighted by atomic mass is 10.1. The molecule has 2 aliphatic rings. The monoisotopic (exact) mass is 992 g/mol. The molecule has 364 valence electrons. The average Bonchev–Trinajstić information content (AvgIpc) is 4.05. The van der Waals surface area contributed by atoms with Gasteiger partial charge in [-0.25, -0.2) is 28.7 Å². The van der Waals surface area contributed by atoms with Crippen molar-refractivity contribution in [1.82, 2.24) is 39.0 Å². The molecule has 2 fully saturated rings. The van der Waals surface area contributed by atoms with Gasteiger partial charge in [-0.05, 0) is 24.3 Å². The Morgan fingerprint density at radius 2 is 1.12 bits per heavy atom. The molecule has 68 heavy (non-hydrogen) atoms. The molecular weight excluding hydrogens is 950 g/mol. The number of phosphoric acid groups is 2. The lowest BCUT2D eigenvalue weighted by Gasteiger charge is -2.22. The number of aromatic amines is 2. The Kier molecular flexibility index (Phi) is 14.4. The predicted octanol–water partition coefficient (Wildman–Crippen LogP) is -1.33. The number of esters is 2. The first-order valence-corrected chi connectivity index (χ1v) is 22.7. The Labute approximate surface area is 379 Å². The van der Waals surface area contributed by atoms with Gasteiger partial charge in [-0.1, -0.05) is 24.3 Å². The molecule has 0 spiro atoms. The Morgan fingerprint density at radius 3 is 1.59 bits per heavy atom. The molecule has 8 rings (SSSR count). The number of nitrogens with one attached hydrogen (secondary N) is 4. The van der Waals surface area contributed by atoms with Crippen molar-refractivity contribution in [2.24, 2.45) is 0 Å². The van der Waals surface area contributed by atoms with Crippen molar-refractivity contribution in [2.45, 2.75) is 49.1 Å². The zero-order valence-electron chi connectivity index (χ0n) is 35.1. The minimum absolute atomic E-state index is 0.0209. The third kappa shape index (κ3) is 10.7. The summed E-state index contributed by atoms with van der Waals surface area (Å²) in [4.78, 5) is 107. The van der Waals surface area contributed by atoms with E-state index < -0.39 is 101 Å². The van der Waals surface area contributed by atoms with E-state index in [0.29, 0.717) is 11.4 Å². The molecule has 0 bridgehead atoms. The number of carbonyl (C=O) groups excluding carboxylic acids is 2. The van der Waals surface area contributed by atoms with Gasteiger partial charge in [0.25, 0.3) is 11.1 Å². The number of imidazole rings is 2. The number of carbonyl (C=O) groups is 2. The number of benzene rings is 2. The second-order valence-corrected chi connectivity index (χ2v) is 17.0. The maximum Gasteiger partial charge on any atom is 0.469 e. The van der Waals surface area contributed by atoms with Gasteiger partial charge in [-0.3, -0.25) is 37.7 Å². The summed E-state index contributed by atoms with van der Waals surface area (Å²) in [5, 5.41) is 27.5. The number of para-hydroxylation sites is 2. The Bertz CT molecular complexity index is 3040. The van der Waals surface area contributed by atoms with Gasteiger partial charge >= 0.3 is 27.6 Å². The van der Waals surface area contributed by atoms with Crippen molar-refractivity contribution in [3.63, 3.8) is 0 Å². The molecule has 2 aliphatic heterocycles. The maximum absolute atomic E-state index is 12.9. The van der Waals surface area contributed by atoms with E-state index in [1.165, 1.54) is 33.9 Å². The SMILES string of the molecule is CNc1ccccc1C(=O)O[C@@H]1[C@H](O)[C@@H](COP(=O)(O)O)O[C@H]1n1cnc2c(=O)[nH]c(N)nc21.CNc1ccccc1C(=O)O[C@H]1[C@@H](O)[C@H](n2cnc3c(=O)[nH]c(N)nc32)O[C@@H]1COP(=O)(O)O. The zero-order valence-corrected chi connectivity index (χ0v) is 36.9. The maximum atomic E-state index is 12.9. The molecular formula is C36H42N12O18P2. The average molecular weight is 993 g/mol. The van der Waals surface area contributed by atoms with Crippen molar-refractivity contribution in [2.75, 3.05) is 49.4 Å². The van der Waals surface area contributed by atoms with Crippen LogP contribution in [0.15, 0.2) is 70.8 Å². The van der Waals surface area contributed by atoms with E-state index in [1.807, 2.05) is 0 Å². The second-order valence-electron chi connectivity index (χ2n) is 14.6. The minimum atomic E-state index is -4.91. The van der Waals surface area contributed by atoms with Gasteiger partial charge in [0, 0.05) is 25.5 Å². The van der Waals surface area contributed by atoms with Crippen LogP contribution < -0.4 is 33.2 Å². The number of nitrogen functional groups attached to an aromatic ring is 2. The molecule has 30 nitrogen and oxygen atoms in total. The number of H-pyrrole nitrogens is 2. The number of ether oxygens (including phenoxy) is 4. The van der Waals surface area contributed by atoms with Crippen molar-refractivity contribution in [1.29, 1.82) is 0 Å². The van der Waals surface area contributed by atoms with E-state index in [0.717, 1.165) is 0 Å². The van der Waals surface area contributed by atoms with Crippen molar-refractivity contribution >= 4 is 73.2 Å². The third-order valence-corrected chi connectivity index (χ3v) is 11.2.